The highest BCUT2D eigenvalue weighted by Gasteiger charge is 2.17. The molecule has 0 bridgehead atoms. The van der Waals surface area contributed by atoms with E-state index in [0.717, 1.165) is 11.8 Å². The lowest BCUT2D eigenvalue weighted by atomic mass is 10.0. The first-order valence-electron chi connectivity index (χ1n) is 8.74. The molecule has 0 radical (unpaired) electrons. The van der Waals surface area contributed by atoms with Crippen LogP contribution in [0.4, 0.5) is 0 Å². The molecule has 0 saturated carbocycles. The Kier molecular flexibility index (Phi) is 7.18. The number of hydrogen-bond donors (Lipinski definition) is 0. The molecule has 10 heteroatoms. The second-order valence-corrected chi connectivity index (χ2v) is 10.6. The van der Waals surface area contributed by atoms with Crippen LogP contribution in [0.25, 0.3) is 11.1 Å². The molecular formula is C21H15Cl4NO4S. The van der Waals surface area contributed by atoms with Gasteiger partial charge in [-0.1, -0.05) is 58.5 Å². The Balaban J connectivity index is 1.89. The van der Waals surface area contributed by atoms with E-state index in [1.807, 2.05) is 0 Å². The smallest absolute Gasteiger partial charge is 0.238 e. The first-order valence-corrected chi connectivity index (χ1v) is 12.3. The third-order valence-corrected chi connectivity index (χ3v) is 6.06. The van der Waals surface area contributed by atoms with E-state index in [-0.39, 0.29) is 21.5 Å². The zero-order valence-electron chi connectivity index (χ0n) is 16.2. The van der Waals surface area contributed by atoms with Crippen LogP contribution in [0, 0.1) is 6.92 Å². The second kappa shape index (κ2) is 9.35. The van der Waals surface area contributed by atoms with Gasteiger partial charge >= 0.3 is 0 Å². The highest BCUT2D eigenvalue weighted by atomic mass is 35.5. The average molecular weight is 519 g/mol. The van der Waals surface area contributed by atoms with Crippen LogP contribution in [0.2, 0.25) is 20.1 Å². The summed E-state index contributed by atoms with van der Waals surface area (Å²) >= 11 is 24.9. The topological polar surface area (TPSA) is 73.3 Å². The number of benzene rings is 2. The summed E-state index contributed by atoms with van der Waals surface area (Å²) in [6.07, 6.45) is 2.51. The Morgan fingerprint density at radius 2 is 1.71 bits per heavy atom. The maximum absolute atomic E-state index is 12.1. The van der Waals surface area contributed by atoms with Crippen LogP contribution < -0.4 is 4.74 Å². The predicted molar refractivity (Wildman–Crippen MR) is 125 cm³/mol. The van der Waals surface area contributed by atoms with Crippen molar-refractivity contribution in [2.75, 3.05) is 12.0 Å². The summed E-state index contributed by atoms with van der Waals surface area (Å²) in [5.74, 6) is -0.589. The Morgan fingerprint density at radius 3 is 2.29 bits per heavy atom. The van der Waals surface area contributed by atoms with Crippen LogP contribution in [-0.2, 0) is 9.84 Å². The van der Waals surface area contributed by atoms with E-state index in [0.29, 0.717) is 26.9 Å². The number of pyridine rings is 1. The Labute approximate surface area is 199 Å². The monoisotopic (exact) mass is 517 g/mol. The average Bonchev–Trinajstić information content (AvgIpc) is 2.64. The molecule has 162 valence electrons. The van der Waals surface area contributed by atoms with Gasteiger partial charge in [0.15, 0.2) is 21.4 Å². The number of ketones is 1. The zero-order chi connectivity index (χ0) is 22.9. The molecule has 3 aromatic rings. The van der Waals surface area contributed by atoms with Gasteiger partial charge in [-0.05, 0) is 36.8 Å². The highest BCUT2D eigenvalue weighted by molar-refractivity contribution is 7.91. The third-order valence-electron chi connectivity index (χ3n) is 4.20. The van der Waals surface area contributed by atoms with Gasteiger partial charge in [-0.3, -0.25) is 4.79 Å². The van der Waals surface area contributed by atoms with E-state index in [2.05, 4.69) is 4.98 Å². The van der Waals surface area contributed by atoms with Crippen LogP contribution in [0.5, 0.6) is 11.6 Å². The molecule has 0 saturated heterocycles. The fourth-order valence-electron chi connectivity index (χ4n) is 2.81. The molecule has 3 rings (SSSR count). The molecule has 0 aliphatic carbocycles. The van der Waals surface area contributed by atoms with Crippen LogP contribution in [-0.4, -0.2) is 31.2 Å². The van der Waals surface area contributed by atoms with Crippen LogP contribution >= 0.6 is 46.4 Å². The molecule has 0 N–H and O–H groups in total. The summed E-state index contributed by atoms with van der Waals surface area (Å²) in [4.78, 5) is 16.4. The summed E-state index contributed by atoms with van der Waals surface area (Å²) in [6.45, 7) is 1.79. The fourth-order valence-corrected chi connectivity index (χ4v) is 4.58. The number of halogens is 4. The van der Waals surface area contributed by atoms with Crippen molar-refractivity contribution in [2.24, 2.45) is 0 Å². The lowest BCUT2D eigenvalue weighted by Gasteiger charge is -2.13. The largest absolute Gasteiger partial charge is 0.436 e. The minimum Gasteiger partial charge on any atom is -0.436 e. The van der Waals surface area contributed by atoms with Gasteiger partial charge in [-0.2, -0.15) is 0 Å². The maximum Gasteiger partial charge on any atom is 0.238 e. The van der Waals surface area contributed by atoms with E-state index in [9.17, 15) is 13.2 Å². The van der Waals surface area contributed by atoms with Gasteiger partial charge in [0.05, 0.1) is 5.02 Å². The van der Waals surface area contributed by atoms with Crippen molar-refractivity contribution < 1.29 is 17.9 Å². The third kappa shape index (κ3) is 5.90. The number of carbonyl (C=O) groups is 1. The number of nitrogens with zero attached hydrogens (tertiary/aromatic N) is 1. The summed E-state index contributed by atoms with van der Waals surface area (Å²) in [5, 5.41) is 1.28. The summed E-state index contributed by atoms with van der Waals surface area (Å²) < 4.78 is 28.5. The number of carbonyl (C=O) groups excluding carboxylic acids is 1. The summed E-state index contributed by atoms with van der Waals surface area (Å²) in [6, 6.07) is 9.40. The van der Waals surface area contributed by atoms with Gasteiger partial charge in [0.25, 0.3) is 0 Å². The van der Waals surface area contributed by atoms with Crippen molar-refractivity contribution in [3.05, 3.63) is 73.8 Å². The van der Waals surface area contributed by atoms with Crippen molar-refractivity contribution in [2.45, 2.75) is 6.92 Å². The van der Waals surface area contributed by atoms with Crippen molar-refractivity contribution in [3.63, 3.8) is 0 Å². The second-order valence-electron chi connectivity index (χ2n) is 6.83. The minimum absolute atomic E-state index is 0.147. The molecule has 0 spiro atoms. The highest BCUT2D eigenvalue weighted by Crippen LogP contribution is 2.38. The van der Waals surface area contributed by atoms with Crippen molar-refractivity contribution in [3.8, 4) is 22.8 Å². The zero-order valence-corrected chi connectivity index (χ0v) is 20.1. The number of ether oxygens (including phenoxy) is 1. The number of hydrogen-bond acceptors (Lipinski definition) is 5. The number of rotatable bonds is 6. The van der Waals surface area contributed by atoms with Crippen molar-refractivity contribution >= 4 is 62.0 Å². The normalized spacial score (nSPS) is 11.4. The van der Waals surface area contributed by atoms with Crippen molar-refractivity contribution in [1.29, 1.82) is 0 Å². The van der Waals surface area contributed by atoms with E-state index in [1.54, 1.807) is 31.2 Å². The lowest BCUT2D eigenvalue weighted by molar-refractivity contribution is 0.102. The van der Waals surface area contributed by atoms with Gasteiger partial charge in [0.1, 0.15) is 10.8 Å². The molecule has 0 amide bonds. The molecule has 0 unspecified atom stereocenters. The molecule has 0 atom stereocenters. The van der Waals surface area contributed by atoms with Gasteiger partial charge in [0, 0.05) is 39.2 Å². The molecule has 0 fully saturated rings. The maximum atomic E-state index is 12.1. The van der Waals surface area contributed by atoms with Gasteiger partial charge in [0.2, 0.25) is 5.88 Å². The number of sulfone groups is 1. The molecule has 1 heterocycles. The first kappa shape index (κ1) is 23.8. The fraction of sp³-hybridized carbons (Fsp3) is 0.143. The Hall–Kier alpha value is -1.83. The van der Waals surface area contributed by atoms with Gasteiger partial charge in [-0.15, -0.1) is 0 Å². The standard InChI is InChI=1S/C21H15Cl4NO4S/c1-11-5-14(22)8-17(24)20(11)30-21-18(25)7-13(9-26-21)15-4-3-12(6-16(15)23)19(27)10-31(2,28)29/h3-9H,10H2,1-2H3. The van der Waals surface area contributed by atoms with E-state index < -0.39 is 21.4 Å². The molecule has 1 aromatic heterocycles. The van der Waals surface area contributed by atoms with Crippen molar-refractivity contribution in [1.82, 2.24) is 4.98 Å². The van der Waals surface area contributed by atoms with Crippen LogP contribution in [0.1, 0.15) is 15.9 Å². The molecule has 5 nitrogen and oxygen atoms in total. The quantitative estimate of drug-likeness (QED) is 0.340. The number of aryl methyl sites for hydroxylation is 1. The van der Waals surface area contributed by atoms with Gasteiger partial charge in [-0.25, -0.2) is 13.4 Å². The van der Waals surface area contributed by atoms with Gasteiger partial charge < -0.3 is 4.74 Å². The first-order chi connectivity index (χ1) is 14.4. The van der Waals surface area contributed by atoms with Crippen LogP contribution in [0.15, 0.2) is 42.6 Å². The summed E-state index contributed by atoms with van der Waals surface area (Å²) in [5.41, 5.74) is 2.07. The predicted octanol–water partition coefficient (Wildman–Crippen LogP) is 6.69. The van der Waals surface area contributed by atoms with Crippen LogP contribution in [0.3, 0.4) is 0 Å². The molecular weight excluding hydrogens is 504 g/mol. The Bertz CT molecular complexity index is 1270. The molecule has 31 heavy (non-hydrogen) atoms. The van der Waals surface area contributed by atoms with E-state index in [1.165, 1.54) is 18.3 Å². The lowest BCUT2D eigenvalue weighted by Crippen LogP contribution is -2.14. The number of Topliss-reactive ketones (excluding diaryl/α,β-unsaturated/α-hetero) is 1. The van der Waals surface area contributed by atoms with E-state index >= 15 is 0 Å². The summed E-state index contributed by atoms with van der Waals surface area (Å²) in [7, 11) is -3.44. The SMILES string of the molecule is Cc1cc(Cl)cc(Cl)c1Oc1ncc(-c2ccc(C(=O)CS(C)(=O)=O)cc2Cl)cc1Cl. The number of aromatic nitrogens is 1. The molecule has 0 aliphatic rings. The minimum atomic E-state index is -3.44. The Morgan fingerprint density at radius 1 is 1.00 bits per heavy atom. The molecule has 2 aromatic carbocycles. The van der Waals surface area contributed by atoms with E-state index in [4.69, 9.17) is 51.1 Å². The molecule has 0 aliphatic heterocycles.